The SMILES string of the molecule is C[C@@H]1CC[C@@]2(OC1)O[C@H]1C[C@H]3[C@@H]4CC[C@H]5C[C@@H](O[C@@H]6O[C@H](CO)[C@H](O[C@@H]7O[C@H](CO)[C@@H](O)[C@H](O[C@@H]8O[C@H](CO)[C@@H](O)[C@H](O)[C@H]8O)[C@H]7O[C@@H]7O[C@H](CO)[C@@H](O)[C@H](O[C@@H]8O[C@@H](C)[C@H](O)[C@@H](O)[C@H]8O)[C@H]7O)[C@H](O)[C@H]6O)CC[C@]5(C)[C@H]4CC[C@]3(C)[C@H]1[C@@H]2C. The van der Waals surface area contributed by atoms with E-state index < -0.39 is 186 Å². The van der Waals surface area contributed by atoms with Gasteiger partial charge in [0.1, 0.15) is 116 Å². The normalized spacial score (nSPS) is 57.7. The van der Waals surface area contributed by atoms with Gasteiger partial charge in [0.25, 0.3) is 0 Å². The Morgan fingerprint density at radius 3 is 1.62 bits per heavy atom. The maximum absolute atomic E-state index is 12.0. The minimum absolute atomic E-state index is 0.0454. The fraction of sp³-hybridized carbons (Fsp3) is 1.00. The standard InChI is InChI=1S/C57H94O27/c1-21-8-13-57(73-20-21)22(2)34-29(84-57)15-28-26-7-6-24-14-25(9-11-55(24,4)27(26)10-12-56(28,34)5)75-51-44(71)41(68)46(33(19-61)79-51)80-54-49(48(38(65)32(18-60)78-54)82-52-43(70)40(67)36(63)30(16-58)76-52)83-53-45(72)47(37(64)31(17-59)77-53)81-50-42(69)39(66)35(62)23(3)74-50/h21-54,58-72H,6-20H2,1-5H3/t21-,22+,23+,24+,25+,26-,27+,28+,29+,30-,31-,32-,33-,34+,35+,36-,37-,38-,39-,40+,41-,42-,43-,44-,45-,46+,47+,48+,49-,50+,51-,52+,53+,54+,55+,56+,57-/m1/s1. The quantitative estimate of drug-likeness (QED) is 0.0736. The molecule has 1 spiro atoms. The largest absolute Gasteiger partial charge is 0.394 e. The zero-order valence-electron chi connectivity index (χ0n) is 48.3. The minimum Gasteiger partial charge on any atom is -0.394 e. The molecule has 11 rings (SSSR count). The minimum atomic E-state index is -2.15. The Morgan fingerprint density at radius 1 is 0.429 bits per heavy atom. The lowest BCUT2D eigenvalue weighted by molar-refractivity contribution is -0.411. The molecule has 4 aliphatic carbocycles. The molecule has 37 atom stereocenters. The first-order chi connectivity index (χ1) is 39.9. The van der Waals surface area contributed by atoms with E-state index in [9.17, 15) is 76.6 Å². The van der Waals surface area contributed by atoms with Gasteiger partial charge in [-0.05, 0) is 111 Å². The van der Waals surface area contributed by atoms with Crippen molar-refractivity contribution in [2.45, 2.75) is 270 Å². The summed E-state index contributed by atoms with van der Waals surface area (Å²) >= 11 is 0. The van der Waals surface area contributed by atoms with Crippen molar-refractivity contribution < 1.29 is 133 Å². The van der Waals surface area contributed by atoms with Gasteiger partial charge < -0.3 is 133 Å². The molecule has 0 aromatic heterocycles. The molecule has 7 aliphatic heterocycles. The highest BCUT2D eigenvalue weighted by Gasteiger charge is 2.70. The van der Waals surface area contributed by atoms with E-state index in [1.807, 2.05) is 0 Å². The van der Waals surface area contributed by atoms with Gasteiger partial charge in [-0.1, -0.05) is 27.7 Å². The van der Waals surface area contributed by atoms with Crippen LogP contribution in [-0.2, 0) is 56.8 Å². The van der Waals surface area contributed by atoms with Crippen LogP contribution in [0.3, 0.4) is 0 Å². The smallest absolute Gasteiger partial charge is 0.187 e. The monoisotopic (exact) mass is 1210 g/mol. The molecule has 484 valence electrons. The van der Waals surface area contributed by atoms with Crippen LogP contribution in [0.25, 0.3) is 0 Å². The molecule has 15 N–H and O–H groups in total. The Bertz CT molecular complexity index is 2180. The van der Waals surface area contributed by atoms with Gasteiger partial charge in [0.05, 0.1) is 51.3 Å². The highest BCUT2D eigenvalue weighted by molar-refractivity contribution is 5.16. The van der Waals surface area contributed by atoms with E-state index in [1.165, 1.54) is 6.92 Å². The zero-order valence-corrected chi connectivity index (χ0v) is 48.3. The lowest BCUT2D eigenvalue weighted by Crippen LogP contribution is -2.69. The average molecular weight is 1210 g/mol. The second kappa shape index (κ2) is 25.2. The summed E-state index contributed by atoms with van der Waals surface area (Å²) in [5, 5.41) is 165. The number of rotatable bonds is 14. The van der Waals surface area contributed by atoms with Crippen LogP contribution in [0.15, 0.2) is 0 Å². The Morgan fingerprint density at radius 2 is 0.964 bits per heavy atom. The summed E-state index contributed by atoms with van der Waals surface area (Å²) in [6, 6.07) is 0. The Kier molecular flexibility index (Phi) is 19.3. The molecule has 0 unspecified atom stereocenters. The molecule has 27 nitrogen and oxygen atoms in total. The van der Waals surface area contributed by atoms with E-state index in [1.54, 1.807) is 0 Å². The summed E-state index contributed by atoms with van der Waals surface area (Å²) < 4.78 is 73.8. The van der Waals surface area contributed by atoms with Gasteiger partial charge in [-0.15, -0.1) is 0 Å². The predicted molar refractivity (Wildman–Crippen MR) is 279 cm³/mol. The van der Waals surface area contributed by atoms with Crippen molar-refractivity contribution in [3.63, 3.8) is 0 Å². The Hall–Kier alpha value is -1.08. The van der Waals surface area contributed by atoms with Crippen LogP contribution >= 0.6 is 0 Å². The maximum atomic E-state index is 12.0. The molecular weight excluding hydrogens is 1120 g/mol. The summed E-state index contributed by atoms with van der Waals surface area (Å²) in [5.74, 6) is 2.81. The van der Waals surface area contributed by atoms with Crippen LogP contribution in [0, 0.1) is 52.3 Å². The van der Waals surface area contributed by atoms with Crippen molar-refractivity contribution in [1.82, 2.24) is 0 Å². The molecule has 0 amide bonds. The first kappa shape index (κ1) is 64.4. The number of hydrogen-bond acceptors (Lipinski definition) is 27. The maximum Gasteiger partial charge on any atom is 0.187 e. The molecule has 84 heavy (non-hydrogen) atoms. The van der Waals surface area contributed by atoms with Crippen LogP contribution in [0.5, 0.6) is 0 Å². The third-order valence-corrected chi connectivity index (χ3v) is 22.5. The molecule has 7 heterocycles. The van der Waals surface area contributed by atoms with Crippen LogP contribution in [-0.4, -0.2) is 281 Å². The van der Waals surface area contributed by atoms with Crippen LogP contribution < -0.4 is 0 Å². The number of ether oxygens (including phenoxy) is 12. The highest BCUT2D eigenvalue weighted by Crippen LogP contribution is 2.71. The molecule has 7 saturated heterocycles. The lowest BCUT2D eigenvalue weighted by Gasteiger charge is -2.61. The summed E-state index contributed by atoms with van der Waals surface area (Å²) in [6.07, 6.45) is -36.0. The van der Waals surface area contributed by atoms with E-state index >= 15 is 0 Å². The second-order valence-electron chi connectivity index (χ2n) is 27.1. The fourth-order valence-corrected chi connectivity index (χ4v) is 17.6. The Balaban J connectivity index is 0.792. The third-order valence-electron chi connectivity index (χ3n) is 22.5. The Labute approximate surface area is 487 Å². The molecule has 11 fully saturated rings. The zero-order chi connectivity index (χ0) is 60.2. The number of fused-ring (bicyclic) bond motifs is 7. The van der Waals surface area contributed by atoms with E-state index in [2.05, 4.69) is 27.7 Å². The van der Waals surface area contributed by atoms with Crippen molar-refractivity contribution in [2.24, 2.45) is 52.3 Å². The van der Waals surface area contributed by atoms with Crippen LogP contribution in [0.1, 0.15) is 98.8 Å². The van der Waals surface area contributed by atoms with Gasteiger partial charge in [-0.25, -0.2) is 0 Å². The molecule has 0 aromatic rings. The van der Waals surface area contributed by atoms with Crippen molar-refractivity contribution in [3.8, 4) is 0 Å². The second-order valence-corrected chi connectivity index (χ2v) is 27.1. The van der Waals surface area contributed by atoms with E-state index in [0.29, 0.717) is 54.3 Å². The van der Waals surface area contributed by atoms with Crippen molar-refractivity contribution in [3.05, 3.63) is 0 Å². The molecule has 0 radical (unpaired) electrons. The van der Waals surface area contributed by atoms with Crippen molar-refractivity contribution in [1.29, 1.82) is 0 Å². The van der Waals surface area contributed by atoms with E-state index in [4.69, 9.17) is 56.8 Å². The topological polar surface area (TPSA) is 414 Å². The molecule has 11 aliphatic rings. The molecule has 0 aromatic carbocycles. The summed E-state index contributed by atoms with van der Waals surface area (Å²) in [7, 11) is 0. The third kappa shape index (κ3) is 11.2. The number of hydrogen-bond donors (Lipinski definition) is 15. The van der Waals surface area contributed by atoms with Crippen LogP contribution in [0.2, 0.25) is 0 Å². The molecular formula is C57H94O27. The van der Waals surface area contributed by atoms with Gasteiger partial charge in [-0.3, -0.25) is 0 Å². The van der Waals surface area contributed by atoms with Gasteiger partial charge >= 0.3 is 0 Å². The van der Waals surface area contributed by atoms with Crippen molar-refractivity contribution in [2.75, 3.05) is 33.0 Å². The highest BCUT2D eigenvalue weighted by atomic mass is 16.8. The van der Waals surface area contributed by atoms with Crippen molar-refractivity contribution >= 4 is 0 Å². The van der Waals surface area contributed by atoms with E-state index in [-0.39, 0.29) is 23.0 Å². The lowest BCUT2D eigenvalue weighted by atomic mass is 9.44. The number of aliphatic hydroxyl groups is 15. The number of aliphatic hydroxyl groups excluding tert-OH is 15. The first-order valence-electron chi connectivity index (χ1n) is 30.7. The average Bonchev–Trinajstić information content (AvgIpc) is 1.51. The fourth-order valence-electron chi connectivity index (χ4n) is 17.6. The molecule has 27 heteroatoms. The van der Waals surface area contributed by atoms with Gasteiger partial charge in [0.2, 0.25) is 0 Å². The van der Waals surface area contributed by atoms with Gasteiger partial charge in [0.15, 0.2) is 37.2 Å². The van der Waals surface area contributed by atoms with Crippen LogP contribution in [0.4, 0.5) is 0 Å². The first-order valence-corrected chi connectivity index (χ1v) is 30.7. The summed E-state index contributed by atoms with van der Waals surface area (Å²) in [4.78, 5) is 0. The van der Waals surface area contributed by atoms with Gasteiger partial charge in [-0.2, -0.15) is 0 Å². The summed E-state index contributed by atoms with van der Waals surface area (Å²) in [5.41, 5.74) is 0.214. The predicted octanol–water partition coefficient (Wildman–Crippen LogP) is -4.06. The summed E-state index contributed by atoms with van der Waals surface area (Å²) in [6.45, 7) is 8.02. The molecule has 0 bridgehead atoms. The molecule has 4 saturated carbocycles. The van der Waals surface area contributed by atoms with E-state index in [0.717, 1.165) is 58.0 Å². The van der Waals surface area contributed by atoms with Gasteiger partial charge in [0, 0.05) is 12.3 Å².